The average Bonchev–Trinajstić information content (AvgIpc) is 2.33. The molecular formula is C15H24BrNO2S. The van der Waals surface area contributed by atoms with E-state index in [1.165, 1.54) is 22.9 Å². The van der Waals surface area contributed by atoms with Crippen molar-refractivity contribution in [2.24, 2.45) is 0 Å². The zero-order valence-corrected chi connectivity index (χ0v) is 15.1. The van der Waals surface area contributed by atoms with Crippen molar-refractivity contribution in [3.05, 3.63) is 33.3 Å². The van der Waals surface area contributed by atoms with Crippen LogP contribution in [-0.4, -0.2) is 27.0 Å². The zero-order chi connectivity index (χ0) is 15.3. The lowest BCUT2D eigenvalue weighted by Gasteiger charge is -2.20. The van der Waals surface area contributed by atoms with Crippen LogP contribution in [0.3, 0.4) is 0 Å². The van der Waals surface area contributed by atoms with Crippen molar-refractivity contribution < 1.29 is 8.42 Å². The maximum Gasteiger partial charge on any atom is 0.147 e. The summed E-state index contributed by atoms with van der Waals surface area (Å²) in [5.41, 5.74) is 3.66. The second-order valence-corrected chi connectivity index (χ2v) is 8.40. The molecule has 114 valence electrons. The van der Waals surface area contributed by atoms with E-state index >= 15 is 0 Å². The van der Waals surface area contributed by atoms with Crippen LogP contribution in [0, 0.1) is 13.8 Å². The summed E-state index contributed by atoms with van der Waals surface area (Å²) in [6, 6.07) is 4.56. The van der Waals surface area contributed by atoms with E-state index in [4.69, 9.17) is 0 Å². The van der Waals surface area contributed by atoms with Crippen LogP contribution in [0.15, 0.2) is 16.6 Å². The highest BCUT2D eigenvalue weighted by atomic mass is 79.9. The normalized spacial score (nSPS) is 13.4. The number of aryl methyl sites for hydroxylation is 2. The first-order valence-electron chi connectivity index (χ1n) is 6.92. The largest absolute Gasteiger partial charge is 0.310 e. The van der Waals surface area contributed by atoms with Gasteiger partial charge in [-0.3, -0.25) is 0 Å². The topological polar surface area (TPSA) is 46.2 Å². The van der Waals surface area contributed by atoms with Crippen molar-refractivity contribution in [2.75, 3.05) is 18.6 Å². The van der Waals surface area contributed by atoms with Crippen molar-refractivity contribution in [1.82, 2.24) is 5.32 Å². The van der Waals surface area contributed by atoms with Crippen molar-refractivity contribution in [3.63, 3.8) is 0 Å². The third kappa shape index (κ3) is 5.54. The van der Waals surface area contributed by atoms with Crippen LogP contribution >= 0.6 is 15.9 Å². The van der Waals surface area contributed by atoms with Gasteiger partial charge in [-0.1, -0.05) is 35.0 Å². The molecule has 5 heteroatoms. The van der Waals surface area contributed by atoms with E-state index < -0.39 is 9.84 Å². The number of rotatable bonds is 7. The van der Waals surface area contributed by atoms with Gasteiger partial charge < -0.3 is 5.32 Å². The van der Waals surface area contributed by atoms with Gasteiger partial charge in [-0.05, 0) is 49.9 Å². The third-order valence-electron chi connectivity index (χ3n) is 3.32. The maximum absolute atomic E-state index is 11.2. The summed E-state index contributed by atoms with van der Waals surface area (Å²) >= 11 is 3.58. The van der Waals surface area contributed by atoms with Gasteiger partial charge in [-0.25, -0.2) is 8.42 Å². The highest BCUT2D eigenvalue weighted by molar-refractivity contribution is 9.10. The van der Waals surface area contributed by atoms with E-state index in [2.05, 4.69) is 54.2 Å². The second-order valence-electron chi connectivity index (χ2n) is 5.35. The fourth-order valence-electron chi connectivity index (χ4n) is 2.36. The summed E-state index contributed by atoms with van der Waals surface area (Å²) in [5, 5.41) is 3.45. The lowest BCUT2D eigenvalue weighted by atomic mass is 9.98. The standard InChI is InChI=1S/C15H24BrNO2S/c1-5-17-14(7-6-8-20(4,18)19)13-9-11(2)15(16)12(3)10-13/h9-10,14,17H,5-8H2,1-4H3. The number of nitrogens with one attached hydrogen (secondary N) is 1. The molecule has 0 aliphatic carbocycles. The Balaban J connectivity index is 2.85. The van der Waals surface area contributed by atoms with Gasteiger partial charge in [0.05, 0.1) is 0 Å². The summed E-state index contributed by atoms with van der Waals surface area (Å²) in [5.74, 6) is 0.253. The van der Waals surface area contributed by atoms with Gasteiger partial charge in [0, 0.05) is 22.5 Å². The molecule has 1 aromatic rings. The molecule has 0 spiro atoms. The molecule has 3 nitrogen and oxygen atoms in total. The summed E-state index contributed by atoms with van der Waals surface area (Å²) in [6.45, 7) is 7.11. The molecular weight excluding hydrogens is 338 g/mol. The van der Waals surface area contributed by atoms with Gasteiger partial charge in [0.15, 0.2) is 0 Å². The minimum absolute atomic E-state index is 0.215. The molecule has 0 fully saturated rings. The van der Waals surface area contributed by atoms with E-state index in [9.17, 15) is 8.42 Å². The summed E-state index contributed by atoms with van der Waals surface area (Å²) in [6.07, 6.45) is 2.81. The number of halogens is 1. The molecule has 0 heterocycles. The molecule has 0 saturated heterocycles. The Morgan fingerprint density at radius 1 is 1.25 bits per heavy atom. The number of benzene rings is 1. The van der Waals surface area contributed by atoms with Crippen molar-refractivity contribution in [3.8, 4) is 0 Å². The first-order chi connectivity index (χ1) is 9.24. The molecule has 0 aromatic heterocycles. The van der Waals surface area contributed by atoms with Crippen LogP contribution in [0.1, 0.15) is 42.5 Å². The summed E-state index contributed by atoms with van der Waals surface area (Å²) in [4.78, 5) is 0. The Hall–Kier alpha value is -0.390. The van der Waals surface area contributed by atoms with Crippen LogP contribution in [0.4, 0.5) is 0 Å². The minimum Gasteiger partial charge on any atom is -0.310 e. The highest BCUT2D eigenvalue weighted by Gasteiger charge is 2.14. The second kappa shape index (κ2) is 7.57. The molecule has 1 N–H and O–H groups in total. The van der Waals surface area contributed by atoms with E-state index in [0.29, 0.717) is 6.42 Å². The van der Waals surface area contributed by atoms with E-state index in [0.717, 1.165) is 17.4 Å². The van der Waals surface area contributed by atoms with Crippen LogP contribution in [0.25, 0.3) is 0 Å². The molecule has 20 heavy (non-hydrogen) atoms. The molecule has 1 aromatic carbocycles. The number of hydrogen-bond acceptors (Lipinski definition) is 3. The summed E-state index contributed by atoms with van der Waals surface area (Å²) in [7, 11) is -2.88. The average molecular weight is 362 g/mol. The van der Waals surface area contributed by atoms with Crippen molar-refractivity contribution >= 4 is 25.8 Å². The molecule has 1 rings (SSSR count). The van der Waals surface area contributed by atoms with Gasteiger partial charge in [0.2, 0.25) is 0 Å². The van der Waals surface area contributed by atoms with Crippen LogP contribution < -0.4 is 5.32 Å². The molecule has 1 unspecified atom stereocenters. The molecule has 1 atom stereocenters. The quantitative estimate of drug-likeness (QED) is 0.807. The number of hydrogen-bond donors (Lipinski definition) is 1. The van der Waals surface area contributed by atoms with Gasteiger partial charge in [0.1, 0.15) is 9.84 Å². The Kier molecular flexibility index (Phi) is 6.69. The Bertz CT molecular complexity index is 532. The third-order valence-corrected chi connectivity index (χ3v) is 5.60. The lowest BCUT2D eigenvalue weighted by molar-refractivity contribution is 0.506. The number of sulfone groups is 1. The van der Waals surface area contributed by atoms with E-state index in [1.807, 2.05) is 0 Å². The predicted octanol–water partition coefficient (Wildman–Crippen LogP) is 3.54. The fraction of sp³-hybridized carbons (Fsp3) is 0.600. The van der Waals surface area contributed by atoms with Crippen LogP contribution in [0.5, 0.6) is 0 Å². The van der Waals surface area contributed by atoms with Crippen molar-refractivity contribution in [2.45, 2.75) is 39.7 Å². The first kappa shape index (κ1) is 17.7. The van der Waals surface area contributed by atoms with Crippen LogP contribution in [-0.2, 0) is 9.84 Å². The first-order valence-corrected chi connectivity index (χ1v) is 9.77. The Morgan fingerprint density at radius 2 is 1.80 bits per heavy atom. The van der Waals surface area contributed by atoms with Gasteiger partial charge >= 0.3 is 0 Å². The molecule has 0 radical (unpaired) electrons. The molecule has 0 amide bonds. The fourth-order valence-corrected chi connectivity index (χ4v) is 3.28. The molecule has 0 bridgehead atoms. The Morgan fingerprint density at radius 3 is 2.25 bits per heavy atom. The van der Waals surface area contributed by atoms with Gasteiger partial charge in [-0.2, -0.15) is 0 Å². The predicted molar refractivity (Wildman–Crippen MR) is 89.0 cm³/mol. The smallest absolute Gasteiger partial charge is 0.147 e. The van der Waals surface area contributed by atoms with E-state index in [1.54, 1.807) is 0 Å². The van der Waals surface area contributed by atoms with Gasteiger partial charge in [-0.15, -0.1) is 0 Å². The SMILES string of the molecule is CCNC(CCCS(C)(=O)=O)c1cc(C)c(Br)c(C)c1. The van der Waals surface area contributed by atoms with Gasteiger partial charge in [0.25, 0.3) is 0 Å². The maximum atomic E-state index is 11.2. The zero-order valence-electron chi connectivity index (χ0n) is 12.7. The lowest BCUT2D eigenvalue weighted by Crippen LogP contribution is -2.22. The van der Waals surface area contributed by atoms with E-state index in [-0.39, 0.29) is 11.8 Å². The molecule has 0 aliphatic heterocycles. The minimum atomic E-state index is -2.88. The molecule has 0 saturated carbocycles. The monoisotopic (exact) mass is 361 g/mol. The Labute approximate surface area is 131 Å². The molecule has 0 aliphatic rings. The summed E-state index contributed by atoms with van der Waals surface area (Å²) < 4.78 is 23.6. The van der Waals surface area contributed by atoms with Crippen LogP contribution in [0.2, 0.25) is 0 Å². The highest BCUT2D eigenvalue weighted by Crippen LogP contribution is 2.27. The van der Waals surface area contributed by atoms with Crippen molar-refractivity contribution in [1.29, 1.82) is 0 Å².